The fourth-order valence-corrected chi connectivity index (χ4v) is 1.67. The Kier molecular flexibility index (Phi) is 4.14. The molecule has 0 aliphatic carbocycles. The van der Waals surface area contributed by atoms with Crippen LogP contribution in [0.25, 0.3) is 0 Å². The molecule has 2 aromatic rings. The summed E-state index contributed by atoms with van der Waals surface area (Å²) in [5.74, 6) is 0.333. The van der Waals surface area contributed by atoms with Gasteiger partial charge in [-0.3, -0.25) is 9.59 Å². The number of anilines is 1. The molecule has 0 aliphatic heterocycles. The predicted octanol–water partition coefficient (Wildman–Crippen LogP) is 1.66. The molecule has 0 saturated heterocycles. The quantitative estimate of drug-likeness (QED) is 0.887. The number of aromatic nitrogens is 1. The zero-order chi connectivity index (χ0) is 14.5. The third-order valence-corrected chi connectivity index (χ3v) is 2.78. The molecule has 6 heteroatoms. The van der Waals surface area contributed by atoms with E-state index in [4.69, 9.17) is 4.42 Å². The van der Waals surface area contributed by atoms with E-state index in [1.165, 1.54) is 6.26 Å². The van der Waals surface area contributed by atoms with Crippen molar-refractivity contribution < 1.29 is 14.0 Å². The molecule has 20 heavy (non-hydrogen) atoms. The third-order valence-electron chi connectivity index (χ3n) is 2.78. The van der Waals surface area contributed by atoms with Crippen LogP contribution >= 0.6 is 0 Å². The van der Waals surface area contributed by atoms with Gasteiger partial charge in [0.1, 0.15) is 11.6 Å². The van der Waals surface area contributed by atoms with E-state index in [-0.39, 0.29) is 18.4 Å². The lowest BCUT2D eigenvalue weighted by Crippen LogP contribution is -2.33. The lowest BCUT2D eigenvalue weighted by Gasteiger charge is -2.07. The monoisotopic (exact) mass is 273 g/mol. The third kappa shape index (κ3) is 3.23. The summed E-state index contributed by atoms with van der Waals surface area (Å²) in [7, 11) is 0. The Balaban J connectivity index is 1.89. The highest BCUT2D eigenvalue weighted by Gasteiger charge is 2.13. The van der Waals surface area contributed by atoms with Gasteiger partial charge < -0.3 is 15.1 Å². The van der Waals surface area contributed by atoms with Gasteiger partial charge in [-0.1, -0.05) is 6.07 Å². The molecule has 2 N–H and O–H groups in total. The predicted molar refractivity (Wildman–Crippen MR) is 73.4 cm³/mol. The van der Waals surface area contributed by atoms with Crippen LogP contribution in [-0.2, 0) is 4.79 Å². The van der Waals surface area contributed by atoms with Crippen molar-refractivity contribution in [3.05, 3.63) is 47.5 Å². The second-order valence-electron chi connectivity index (χ2n) is 4.29. The second kappa shape index (κ2) is 6.01. The molecule has 104 valence electrons. The van der Waals surface area contributed by atoms with Crippen molar-refractivity contribution >= 4 is 17.6 Å². The van der Waals surface area contributed by atoms with Gasteiger partial charge in [0.25, 0.3) is 5.91 Å². The van der Waals surface area contributed by atoms with Gasteiger partial charge >= 0.3 is 0 Å². The number of hydrogen-bond donors (Lipinski definition) is 2. The van der Waals surface area contributed by atoms with E-state index < -0.39 is 0 Å². The number of hydrogen-bond acceptors (Lipinski definition) is 4. The second-order valence-corrected chi connectivity index (χ2v) is 4.29. The minimum atomic E-state index is -0.343. The van der Waals surface area contributed by atoms with Crippen LogP contribution in [0.5, 0.6) is 0 Å². The van der Waals surface area contributed by atoms with E-state index in [1.807, 2.05) is 13.0 Å². The van der Waals surface area contributed by atoms with Crippen molar-refractivity contribution in [2.75, 3.05) is 11.9 Å². The van der Waals surface area contributed by atoms with E-state index in [1.54, 1.807) is 25.3 Å². The first-order valence-electron chi connectivity index (χ1n) is 6.11. The van der Waals surface area contributed by atoms with Crippen LogP contribution < -0.4 is 10.6 Å². The fraction of sp³-hybridized carbons (Fsp3) is 0.214. The summed E-state index contributed by atoms with van der Waals surface area (Å²) in [6.07, 6.45) is 3.03. The van der Waals surface area contributed by atoms with Crippen LogP contribution in [0.15, 0.2) is 35.1 Å². The number of furan rings is 1. The molecule has 2 amide bonds. The highest BCUT2D eigenvalue weighted by Crippen LogP contribution is 2.09. The number of aryl methyl sites for hydroxylation is 2. The highest BCUT2D eigenvalue weighted by atomic mass is 16.3. The number of amides is 2. The standard InChI is InChI=1S/C14H15N3O3/c1-9-4-3-6-15-13(9)17-12(18)8-16-14(19)11-5-7-20-10(11)2/h3-7H,8H2,1-2H3,(H,16,19)(H,15,17,18). The molecule has 2 heterocycles. The summed E-state index contributed by atoms with van der Waals surface area (Å²) in [6.45, 7) is 3.40. The SMILES string of the molecule is Cc1cccnc1NC(=O)CNC(=O)c1ccoc1C. The molecule has 0 aromatic carbocycles. The van der Waals surface area contributed by atoms with Gasteiger partial charge in [0.05, 0.1) is 18.4 Å². The molecule has 0 unspecified atom stereocenters. The Hall–Kier alpha value is -2.63. The Morgan fingerprint density at radius 2 is 2.10 bits per heavy atom. The summed E-state index contributed by atoms with van der Waals surface area (Å²) in [6, 6.07) is 5.19. The van der Waals surface area contributed by atoms with Gasteiger partial charge in [0.15, 0.2) is 0 Å². The van der Waals surface area contributed by atoms with Crippen LogP contribution in [0.2, 0.25) is 0 Å². The number of rotatable bonds is 4. The smallest absolute Gasteiger partial charge is 0.255 e. The zero-order valence-corrected chi connectivity index (χ0v) is 11.3. The van der Waals surface area contributed by atoms with Crippen molar-refractivity contribution in [2.45, 2.75) is 13.8 Å². The van der Waals surface area contributed by atoms with E-state index >= 15 is 0 Å². The number of nitrogens with one attached hydrogen (secondary N) is 2. The average Bonchev–Trinajstić information content (AvgIpc) is 2.85. The Bertz CT molecular complexity index is 634. The summed E-state index contributed by atoms with van der Waals surface area (Å²) in [5.41, 5.74) is 1.28. The van der Waals surface area contributed by atoms with Gasteiger partial charge in [-0.2, -0.15) is 0 Å². The molecule has 2 aromatic heterocycles. The minimum Gasteiger partial charge on any atom is -0.469 e. The minimum absolute atomic E-state index is 0.126. The van der Waals surface area contributed by atoms with Crippen molar-refractivity contribution in [1.29, 1.82) is 0 Å². The molecule has 0 fully saturated rings. The summed E-state index contributed by atoms with van der Waals surface area (Å²) in [4.78, 5) is 27.6. The lowest BCUT2D eigenvalue weighted by molar-refractivity contribution is -0.115. The van der Waals surface area contributed by atoms with E-state index in [2.05, 4.69) is 15.6 Å². The average molecular weight is 273 g/mol. The molecule has 6 nitrogen and oxygen atoms in total. The van der Waals surface area contributed by atoms with E-state index in [9.17, 15) is 9.59 Å². The van der Waals surface area contributed by atoms with E-state index in [0.717, 1.165) is 5.56 Å². The van der Waals surface area contributed by atoms with E-state index in [0.29, 0.717) is 17.1 Å². The first kappa shape index (κ1) is 13.8. The maximum Gasteiger partial charge on any atom is 0.255 e. The maximum absolute atomic E-state index is 11.8. The number of carbonyl (C=O) groups is 2. The topological polar surface area (TPSA) is 84.2 Å². The molecular weight excluding hydrogens is 258 g/mol. The summed E-state index contributed by atoms with van der Waals surface area (Å²) >= 11 is 0. The van der Waals surface area contributed by atoms with Crippen molar-refractivity contribution in [3.63, 3.8) is 0 Å². The van der Waals surface area contributed by atoms with Gasteiger partial charge in [0, 0.05) is 6.20 Å². The van der Waals surface area contributed by atoms with Crippen LogP contribution in [0.4, 0.5) is 5.82 Å². The molecular formula is C14H15N3O3. The lowest BCUT2D eigenvalue weighted by atomic mass is 10.2. The molecule has 0 radical (unpaired) electrons. The molecule has 0 aliphatic rings. The highest BCUT2D eigenvalue weighted by molar-refractivity contribution is 5.99. The Morgan fingerprint density at radius 3 is 2.75 bits per heavy atom. The Labute approximate surface area is 116 Å². The van der Waals surface area contributed by atoms with Crippen molar-refractivity contribution in [1.82, 2.24) is 10.3 Å². The number of carbonyl (C=O) groups excluding carboxylic acids is 2. The van der Waals surface area contributed by atoms with Gasteiger partial charge in [-0.25, -0.2) is 4.98 Å². The summed E-state index contributed by atoms with van der Waals surface area (Å²) < 4.78 is 5.03. The molecule has 0 bridgehead atoms. The van der Waals surface area contributed by atoms with Crippen LogP contribution in [0.3, 0.4) is 0 Å². The van der Waals surface area contributed by atoms with Gasteiger partial charge in [-0.05, 0) is 31.5 Å². The first-order chi connectivity index (χ1) is 9.58. The molecule has 0 saturated carbocycles. The van der Waals surface area contributed by atoms with Crippen LogP contribution in [0, 0.1) is 13.8 Å². The summed E-state index contributed by atoms with van der Waals surface area (Å²) in [5, 5.41) is 5.16. The number of pyridine rings is 1. The largest absolute Gasteiger partial charge is 0.469 e. The Morgan fingerprint density at radius 1 is 1.30 bits per heavy atom. The van der Waals surface area contributed by atoms with Gasteiger partial charge in [0.2, 0.25) is 5.91 Å². The first-order valence-corrected chi connectivity index (χ1v) is 6.11. The molecule has 0 spiro atoms. The van der Waals surface area contributed by atoms with Crippen LogP contribution in [0.1, 0.15) is 21.7 Å². The van der Waals surface area contributed by atoms with Crippen molar-refractivity contribution in [2.24, 2.45) is 0 Å². The molecule has 0 atom stereocenters. The van der Waals surface area contributed by atoms with Crippen molar-refractivity contribution in [3.8, 4) is 0 Å². The molecule has 2 rings (SSSR count). The zero-order valence-electron chi connectivity index (χ0n) is 11.3. The van der Waals surface area contributed by atoms with Crippen LogP contribution in [-0.4, -0.2) is 23.3 Å². The maximum atomic E-state index is 11.8. The van der Waals surface area contributed by atoms with Gasteiger partial charge in [-0.15, -0.1) is 0 Å². The fourth-order valence-electron chi connectivity index (χ4n) is 1.67. The number of nitrogens with zero attached hydrogens (tertiary/aromatic N) is 1. The normalized spacial score (nSPS) is 10.1.